The number of carbonyl (C=O) groups excluding carboxylic acids is 1. The standard InChI is InChI=1S/C17H11BrFNO3/c1-22-17(21)11-4-2-3-10(7-11)15-9-16(23-20-15)13-6-5-12(18)8-14(13)19/h2-9H,1H3. The number of hydrogen-bond donors (Lipinski definition) is 0. The molecule has 116 valence electrons. The third-order valence-electron chi connectivity index (χ3n) is 3.29. The Bertz CT molecular complexity index is 876. The SMILES string of the molecule is COC(=O)c1cccc(-c2cc(-c3ccc(Br)cc3F)on2)c1. The van der Waals surface area contributed by atoms with Gasteiger partial charge in [0.15, 0.2) is 5.76 Å². The second-order valence-corrected chi connectivity index (χ2v) is 5.69. The molecule has 2 aromatic carbocycles. The Morgan fingerprint density at radius 3 is 2.78 bits per heavy atom. The largest absolute Gasteiger partial charge is 0.465 e. The van der Waals surface area contributed by atoms with Crippen LogP contribution in [0, 0.1) is 5.82 Å². The molecule has 6 heteroatoms. The van der Waals surface area contributed by atoms with Gasteiger partial charge in [0, 0.05) is 16.1 Å². The molecule has 3 rings (SSSR count). The lowest BCUT2D eigenvalue weighted by Gasteiger charge is -2.00. The van der Waals surface area contributed by atoms with Crippen molar-refractivity contribution in [2.24, 2.45) is 0 Å². The van der Waals surface area contributed by atoms with E-state index in [-0.39, 0.29) is 0 Å². The molecule has 0 bridgehead atoms. The van der Waals surface area contributed by atoms with E-state index in [4.69, 9.17) is 9.26 Å². The van der Waals surface area contributed by atoms with Crippen LogP contribution in [0.25, 0.3) is 22.6 Å². The molecule has 0 aliphatic carbocycles. The molecule has 0 saturated heterocycles. The summed E-state index contributed by atoms with van der Waals surface area (Å²) >= 11 is 3.21. The molecule has 0 unspecified atom stereocenters. The predicted molar refractivity (Wildman–Crippen MR) is 86.4 cm³/mol. The van der Waals surface area contributed by atoms with Crippen LogP contribution < -0.4 is 0 Å². The highest BCUT2D eigenvalue weighted by molar-refractivity contribution is 9.10. The molecule has 23 heavy (non-hydrogen) atoms. The van der Waals surface area contributed by atoms with Crippen LogP contribution in [-0.4, -0.2) is 18.2 Å². The summed E-state index contributed by atoms with van der Waals surface area (Å²) < 4.78 is 24.6. The molecule has 0 saturated carbocycles. The first kappa shape index (κ1) is 15.4. The van der Waals surface area contributed by atoms with Gasteiger partial charge in [0.2, 0.25) is 0 Å². The minimum atomic E-state index is -0.436. The normalized spacial score (nSPS) is 10.6. The maximum Gasteiger partial charge on any atom is 0.337 e. The fraction of sp³-hybridized carbons (Fsp3) is 0.0588. The van der Waals surface area contributed by atoms with E-state index in [0.717, 1.165) is 0 Å². The molecule has 0 radical (unpaired) electrons. The van der Waals surface area contributed by atoms with Crippen LogP contribution in [0.5, 0.6) is 0 Å². The number of rotatable bonds is 3. The first-order valence-electron chi connectivity index (χ1n) is 6.69. The van der Waals surface area contributed by atoms with Crippen LogP contribution in [0.4, 0.5) is 4.39 Å². The number of esters is 1. The Morgan fingerprint density at radius 1 is 1.22 bits per heavy atom. The fourth-order valence-corrected chi connectivity index (χ4v) is 2.48. The van der Waals surface area contributed by atoms with Crippen molar-refractivity contribution in [3.8, 4) is 22.6 Å². The van der Waals surface area contributed by atoms with Gasteiger partial charge in [-0.2, -0.15) is 0 Å². The summed E-state index contributed by atoms with van der Waals surface area (Å²) in [7, 11) is 1.32. The van der Waals surface area contributed by atoms with Gasteiger partial charge in [0.05, 0.1) is 18.2 Å². The van der Waals surface area contributed by atoms with E-state index >= 15 is 0 Å². The van der Waals surface area contributed by atoms with E-state index in [1.165, 1.54) is 13.2 Å². The van der Waals surface area contributed by atoms with Gasteiger partial charge in [0.25, 0.3) is 0 Å². The summed E-state index contributed by atoms with van der Waals surface area (Å²) in [5.41, 5.74) is 1.91. The van der Waals surface area contributed by atoms with Crippen LogP contribution in [-0.2, 0) is 4.74 Å². The van der Waals surface area contributed by atoms with E-state index in [1.807, 2.05) is 0 Å². The fourth-order valence-electron chi connectivity index (χ4n) is 2.15. The Morgan fingerprint density at radius 2 is 2.04 bits per heavy atom. The minimum absolute atomic E-state index is 0.313. The third-order valence-corrected chi connectivity index (χ3v) is 3.78. The highest BCUT2D eigenvalue weighted by atomic mass is 79.9. The molecule has 0 amide bonds. The van der Waals surface area contributed by atoms with E-state index < -0.39 is 11.8 Å². The number of benzene rings is 2. The number of halogens is 2. The summed E-state index contributed by atoms with van der Waals surface area (Å²) in [5, 5.41) is 3.95. The number of carbonyl (C=O) groups is 1. The third kappa shape index (κ3) is 3.17. The minimum Gasteiger partial charge on any atom is -0.465 e. The molecule has 1 aromatic heterocycles. The van der Waals surface area contributed by atoms with Crippen molar-refractivity contribution >= 4 is 21.9 Å². The molecule has 0 aliphatic heterocycles. The second kappa shape index (κ2) is 6.34. The number of nitrogens with zero attached hydrogens (tertiary/aromatic N) is 1. The topological polar surface area (TPSA) is 52.3 Å². The van der Waals surface area contributed by atoms with Crippen molar-refractivity contribution in [3.63, 3.8) is 0 Å². The van der Waals surface area contributed by atoms with E-state index in [2.05, 4.69) is 21.1 Å². The van der Waals surface area contributed by atoms with Crippen LogP contribution >= 0.6 is 15.9 Å². The summed E-state index contributed by atoms with van der Waals surface area (Å²) in [5.74, 6) is -0.534. The van der Waals surface area contributed by atoms with Gasteiger partial charge in [-0.05, 0) is 30.3 Å². The molecule has 0 spiro atoms. The van der Waals surface area contributed by atoms with Crippen molar-refractivity contribution in [2.45, 2.75) is 0 Å². The van der Waals surface area contributed by atoms with E-state index in [1.54, 1.807) is 42.5 Å². The van der Waals surface area contributed by atoms with Crippen molar-refractivity contribution < 1.29 is 18.4 Å². The molecular weight excluding hydrogens is 365 g/mol. The van der Waals surface area contributed by atoms with Crippen LogP contribution in [0.3, 0.4) is 0 Å². The summed E-state index contributed by atoms with van der Waals surface area (Å²) in [6.07, 6.45) is 0. The average Bonchev–Trinajstić information content (AvgIpc) is 3.04. The molecule has 0 fully saturated rings. The van der Waals surface area contributed by atoms with Crippen molar-refractivity contribution in [1.82, 2.24) is 5.16 Å². The second-order valence-electron chi connectivity index (χ2n) is 4.77. The van der Waals surface area contributed by atoms with Gasteiger partial charge in [0.1, 0.15) is 11.5 Å². The summed E-state index contributed by atoms with van der Waals surface area (Å²) in [4.78, 5) is 11.6. The Balaban J connectivity index is 1.97. The van der Waals surface area contributed by atoms with Crippen molar-refractivity contribution in [3.05, 3.63) is 64.4 Å². The monoisotopic (exact) mass is 375 g/mol. The quantitative estimate of drug-likeness (QED) is 0.622. The lowest BCUT2D eigenvalue weighted by molar-refractivity contribution is 0.0601. The van der Waals surface area contributed by atoms with Crippen molar-refractivity contribution in [1.29, 1.82) is 0 Å². The summed E-state index contributed by atoms with van der Waals surface area (Å²) in [6, 6.07) is 13.1. The first-order chi connectivity index (χ1) is 11.1. The molecule has 4 nitrogen and oxygen atoms in total. The van der Waals surface area contributed by atoms with Crippen LogP contribution in [0.15, 0.2) is 57.5 Å². The van der Waals surface area contributed by atoms with Gasteiger partial charge in [-0.15, -0.1) is 0 Å². The van der Waals surface area contributed by atoms with E-state index in [0.29, 0.717) is 32.6 Å². The van der Waals surface area contributed by atoms with Crippen LogP contribution in [0.1, 0.15) is 10.4 Å². The number of methoxy groups -OCH3 is 1. The van der Waals surface area contributed by atoms with Gasteiger partial charge in [-0.25, -0.2) is 9.18 Å². The van der Waals surface area contributed by atoms with Gasteiger partial charge in [-0.3, -0.25) is 0 Å². The Hall–Kier alpha value is -2.47. The lowest BCUT2D eigenvalue weighted by atomic mass is 10.1. The maximum atomic E-state index is 14.0. The van der Waals surface area contributed by atoms with Crippen LogP contribution in [0.2, 0.25) is 0 Å². The van der Waals surface area contributed by atoms with Crippen molar-refractivity contribution in [2.75, 3.05) is 7.11 Å². The van der Waals surface area contributed by atoms with Gasteiger partial charge in [-0.1, -0.05) is 33.2 Å². The first-order valence-corrected chi connectivity index (χ1v) is 7.48. The highest BCUT2D eigenvalue weighted by Gasteiger charge is 2.14. The molecule has 3 aromatic rings. The number of hydrogen-bond acceptors (Lipinski definition) is 4. The molecule has 0 atom stereocenters. The van der Waals surface area contributed by atoms with E-state index in [9.17, 15) is 9.18 Å². The molecular formula is C17H11BrFNO3. The Labute approximate surface area is 140 Å². The smallest absolute Gasteiger partial charge is 0.337 e. The molecule has 0 N–H and O–H groups in total. The maximum absolute atomic E-state index is 14.0. The van der Waals surface area contributed by atoms with Gasteiger partial charge >= 0.3 is 5.97 Å². The lowest BCUT2D eigenvalue weighted by Crippen LogP contribution is -2.00. The number of ether oxygens (including phenoxy) is 1. The highest BCUT2D eigenvalue weighted by Crippen LogP contribution is 2.29. The summed E-state index contributed by atoms with van der Waals surface area (Å²) in [6.45, 7) is 0. The average molecular weight is 376 g/mol. The Kier molecular flexibility index (Phi) is 4.25. The number of aromatic nitrogens is 1. The van der Waals surface area contributed by atoms with Gasteiger partial charge < -0.3 is 9.26 Å². The zero-order valence-corrected chi connectivity index (χ0v) is 13.6. The zero-order valence-electron chi connectivity index (χ0n) is 12.0. The zero-order chi connectivity index (χ0) is 16.4. The predicted octanol–water partition coefficient (Wildman–Crippen LogP) is 4.70. The molecule has 0 aliphatic rings. The molecule has 1 heterocycles.